The summed E-state index contributed by atoms with van der Waals surface area (Å²) in [5, 5.41) is 0. The molecule has 1 aromatic carbocycles. The van der Waals surface area contributed by atoms with Crippen molar-refractivity contribution in [1.82, 2.24) is 0 Å². The van der Waals surface area contributed by atoms with Gasteiger partial charge in [-0.1, -0.05) is 52.8 Å². The average Bonchev–Trinajstić information content (AvgIpc) is 2.47. The normalized spacial score (nSPS) is 22.2. The Morgan fingerprint density at radius 1 is 1.09 bits per heavy atom. The van der Waals surface area contributed by atoms with E-state index in [1.165, 1.54) is 12.8 Å². The molecule has 0 atom stereocenters. The lowest BCUT2D eigenvalue weighted by Gasteiger charge is -2.39. The standard InChI is InChI=1S/C21H33NO/c1-16(2)17-11-13-19(14-12-17)22(18-9-7-6-8-10-18)20(23)15-21(3,4)5/h6-10,16-17,19H,11-15H2,1-5H3. The van der Waals surface area contributed by atoms with Crippen LogP contribution in [0.2, 0.25) is 0 Å². The minimum atomic E-state index is 0.0270. The molecule has 0 aromatic heterocycles. The molecule has 0 saturated heterocycles. The van der Waals surface area contributed by atoms with Crippen molar-refractivity contribution < 1.29 is 4.79 Å². The molecule has 2 nitrogen and oxygen atoms in total. The van der Waals surface area contributed by atoms with Crippen molar-refractivity contribution in [3.8, 4) is 0 Å². The predicted octanol–water partition coefficient (Wildman–Crippen LogP) is 5.67. The number of carbonyl (C=O) groups is 1. The van der Waals surface area contributed by atoms with Gasteiger partial charge in [-0.05, 0) is 55.1 Å². The van der Waals surface area contributed by atoms with Crippen LogP contribution in [0.4, 0.5) is 5.69 Å². The SMILES string of the molecule is CC(C)C1CCC(N(C(=O)CC(C)(C)C)c2ccccc2)CC1. The maximum atomic E-state index is 13.0. The van der Waals surface area contributed by atoms with Gasteiger partial charge < -0.3 is 4.90 Å². The summed E-state index contributed by atoms with van der Waals surface area (Å²) < 4.78 is 0. The second-order valence-corrected chi connectivity index (χ2v) is 8.65. The lowest BCUT2D eigenvalue weighted by Crippen LogP contribution is -2.44. The highest BCUT2D eigenvalue weighted by molar-refractivity contribution is 5.94. The number of rotatable bonds is 4. The summed E-state index contributed by atoms with van der Waals surface area (Å²) in [7, 11) is 0. The predicted molar refractivity (Wildman–Crippen MR) is 98.6 cm³/mol. The van der Waals surface area contributed by atoms with Crippen LogP contribution in [-0.2, 0) is 4.79 Å². The minimum absolute atomic E-state index is 0.0270. The number of carbonyl (C=O) groups excluding carboxylic acids is 1. The Balaban J connectivity index is 2.16. The van der Waals surface area contributed by atoms with Crippen molar-refractivity contribution in [3.63, 3.8) is 0 Å². The summed E-state index contributed by atoms with van der Waals surface area (Å²) in [4.78, 5) is 15.1. The van der Waals surface area contributed by atoms with Crippen LogP contribution in [0.5, 0.6) is 0 Å². The number of para-hydroxylation sites is 1. The Morgan fingerprint density at radius 3 is 2.13 bits per heavy atom. The maximum Gasteiger partial charge on any atom is 0.227 e. The topological polar surface area (TPSA) is 20.3 Å². The molecular weight excluding hydrogens is 282 g/mol. The molecule has 1 amide bonds. The monoisotopic (exact) mass is 315 g/mol. The van der Waals surface area contributed by atoms with Gasteiger partial charge >= 0.3 is 0 Å². The molecule has 1 aliphatic rings. The van der Waals surface area contributed by atoms with Gasteiger partial charge in [0.05, 0.1) is 0 Å². The van der Waals surface area contributed by atoms with Crippen molar-refractivity contribution in [2.45, 2.75) is 72.8 Å². The van der Waals surface area contributed by atoms with Gasteiger partial charge in [0.2, 0.25) is 5.91 Å². The van der Waals surface area contributed by atoms with E-state index in [1.807, 2.05) is 18.2 Å². The van der Waals surface area contributed by atoms with E-state index in [-0.39, 0.29) is 11.3 Å². The van der Waals surface area contributed by atoms with Crippen LogP contribution in [0.15, 0.2) is 30.3 Å². The first-order valence-electron chi connectivity index (χ1n) is 9.15. The van der Waals surface area contributed by atoms with E-state index in [2.05, 4.69) is 51.7 Å². The molecule has 1 aliphatic carbocycles. The van der Waals surface area contributed by atoms with Crippen LogP contribution in [0, 0.1) is 17.3 Å². The molecule has 128 valence electrons. The molecule has 2 heteroatoms. The highest BCUT2D eigenvalue weighted by atomic mass is 16.2. The van der Waals surface area contributed by atoms with Gasteiger partial charge in [-0.3, -0.25) is 4.79 Å². The first-order valence-corrected chi connectivity index (χ1v) is 9.15. The Bertz CT molecular complexity index is 492. The summed E-state index contributed by atoms with van der Waals surface area (Å²) in [5.74, 6) is 1.85. The highest BCUT2D eigenvalue weighted by Crippen LogP contribution is 2.35. The van der Waals surface area contributed by atoms with E-state index in [0.29, 0.717) is 12.5 Å². The zero-order valence-electron chi connectivity index (χ0n) is 15.5. The van der Waals surface area contributed by atoms with Gasteiger partial charge in [0.25, 0.3) is 0 Å². The Labute approximate surface area is 142 Å². The molecule has 2 rings (SSSR count). The van der Waals surface area contributed by atoms with Crippen LogP contribution >= 0.6 is 0 Å². The molecule has 0 bridgehead atoms. The fraction of sp³-hybridized carbons (Fsp3) is 0.667. The van der Waals surface area contributed by atoms with Crippen molar-refractivity contribution >= 4 is 11.6 Å². The van der Waals surface area contributed by atoms with E-state index < -0.39 is 0 Å². The first-order chi connectivity index (χ1) is 10.8. The largest absolute Gasteiger partial charge is 0.309 e. The smallest absolute Gasteiger partial charge is 0.227 e. The number of anilines is 1. The van der Waals surface area contributed by atoms with Gasteiger partial charge in [0.1, 0.15) is 0 Å². The number of hydrogen-bond donors (Lipinski definition) is 0. The third kappa shape index (κ3) is 5.09. The third-order valence-electron chi connectivity index (χ3n) is 5.03. The van der Waals surface area contributed by atoms with Crippen molar-refractivity contribution in [1.29, 1.82) is 0 Å². The van der Waals surface area contributed by atoms with Crippen LogP contribution < -0.4 is 4.90 Å². The fourth-order valence-corrected chi connectivity index (χ4v) is 3.71. The molecule has 1 aromatic rings. The summed E-state index contributed by atoms with van der Waals surface area (Å²) in [6.07, 6.45) is 5.36. The van der Waals surface area contributed by atoms with E-state index in [4.69, 9.17) is 0 Å². The van der Waals surface area contributed by atoms with E-state index in [9.17, 15) is 4.79 Å². The fourth-order valence-electron chi connectivity index (χ4n) is 3.71. The van der Waals surface area contributed by atoms with E-state index in [1.54, 1.807) is 0 Å². The zero-order chi connectivity index (χ0) is 17.0. The Kier molecular flexibility index (Phi) is 5.89. The van der Waals surface area contributed by atoms with Crippen molar-refractivity contribution in [3.05, 3.63) is 30.3 Å². The average molecular weight is 316 g/mol. The van der Waals surface area contributed by atoms with Gasteiger partial charge in [0.15, 0.2) is 0 Å². The quantitative estimate of drug-likeness (QED) is 0.701. The summed E-state index contributed by atoms with van der Waals surface area (Å²) in [5.41, 5.74) is 1.09. The Morgan fingerprint density at radius 2 is 1.65 bits per heavy atom. The number of hydrogen-bond acceptors (Lipinski definition) is 1. The van der Waals surface area contributed by atoms with Gasteiger partial charge in [-0.15, -0.1) is 0 Å². The minimum Gasteiger partial charge on any atom is -0.309 e. The molecule has 1 fully saturated rings. The zero-order valence-corrected chi connectivity index (χ0v) is 15.5. The summed E-state index contributed by atoms with van der Waals surface area (Å²) in [6.45, 7) is 11.1. The maximum absolute atomic E-state index is 13.0. The van der Waals surface area contributed by atoms with Crippen LogP contribution in [0.1, 0.15) is 66.7 Å². The second-order valence-electron chi connectivity index (χ2n) is 8.65. The van der Waals surface area contributed by atoms with Crippen molar-refractivity contribution in [2.75, 3.05) is 4.90 Å². The lowest BCUT2D eigenvalue weighted by molar-refractivity contribution is -0.121. The van der Waals surface area contributed by atoms with Crippen LogP contribution in [-0.4, -0.2) is 11.9 Å². The van der Waals surface area contributed by atoms with Gasteiger partial charge in [-0.25, -0.2) is 0 Å². The second kappa shape index (κ2) is 7.51. The number of amides is 1. The molecule has 1 saturated carbocycles. The third-order valence-corrected chi connectivity index (χ3v) is 5.03. The van der Waals surface area contributed by atoms with Crippen molar-refractivity contribution in [2.24, 2.45) is 17.3 Å². The molecule has 23 heavy (non-hydrogen) atoms. The number of benzene rings is 1. The lowest BCUT2D eigenvalue weighted by atomic mass is 9.79. The molecule has 0 spiro atoms. The molecule has 0 heterocycles. The van der Waals surface area contributed by atoms with Gasteiger partial charge in [-0.2, -0.15) is 0 Å². The molecule has 0 N–H and O–H groups in total. The van der Waals surface area contributed by atoms with Gasteiger partial charge in [0, 0.05) is 18.2 Å². The Hall–Kier alpha value is -1.31. The summed E-state index contributed by atoms with van der Waals surface area (Å²) >= 11 is 0. The first kappa shape index (κ1) is 18.0. The van der Waals surface area contributed by atoms with Crippen LogP contribution in [0.25, 0.3) is 0 Å². The molecule has 0 radical (unpaired) electrons. The molecular formula is C21H33NO. The van der Waals surface area contributed by atoms with E-state index in [0.717, 1.165) is 30.4 Å². The number of nitrogens with zero attached hydrogens (tertiary/aromatic N) is 1. The highest BCUT2D eigenvalue weighted by Gasteiger charge is 2.32. The molecule has 0 aliphatic heterocycles. The summed E-state index contributed by atoms with van der Waals surface area (Å²) in [6, 6.07) is 10.6. The van der Waals surface area contributed by atoms with Crippen LogP contribution in [0.3, 0.4) is 0 Å². The molecule has 0 unspecified atom stereocenters. The van der Waals surface area contributed by atoms with E-state index >= 15 is 0 Å².